The number of fused-ring (bicyclic) bond motifs is 2. The summed E-state index contributed by atoms with van der Waals surface area (Å²) in [6.45, 7) is 1.81. The van der Waals surface area contributed by atoms with E-state index in [0.29, 0.717) is 16.9 Å². The van der Waals surface area contributed by atoms with Crippen LogP contribution < -0.4 is 5.43 Å². The molecule has 0 atom stereocenters. The van der Waals surface area contributed by atoms with Gasteiger partial charge in [0.05, 0.1) is 0 Å². The Bertz CT molecular complexity index is 1090. The predicted octanol–water partition coefficient (Wildman–Crippen LogP) is 4.28. The molecular formula is C20H14O4. The highest BCUT2D eigenvalue weighted by Crippen LogP contribution is 2.42. The van der Waals surface area contributed by atoms with Crippen LogP contribution in [0, 0.1) is 6.92 Å². The zero-order valence-corrected chi connectivity index (χ0v) is 12.9. The normalized spacial score (nSPS) is 11.2. The zero-order valence-electron chi connectivity index (χ0n) is 12.9. The van der Waals surface area contributed by atoms with E-state index in [2.05, 4.69) is 0 Å². The second-order valence-electron chi connectivity index (χ2n) is 5.79. The first-order valence-electron chi connectivity index (χ1n) is 7.53. The summed E-state index contributed by atoms with van der Waals surface area (Å²) in [7, 11) is 0. The first-order valence-corrected chi connectivity index (χ1v) is 7.53. The molecule has 1 aliphatic carbocycles. The molecule has 1 aliphatic heterocycles. The van der Waals surface area contributed by atoms with E-state index < -0.39 is 5.43 Å². The molecule has 0 bridgehead atoms. The highest BCUT2D eigenvalue weighted by molar-refractivity contribution is 6.02. The Labute approximate surface area is 137 Å². The van der Waals surface area contributed by atoms with E-state index in [1.807, 2.05) is 43.3 Å². The fourth-order valence-corrected chi connectivity index (χ4v) is 2.97. The molecule has 4 heteroatoms. The smallest absolute Gasteiger partial charge is 0.223 e. The first kappa shape index (κ1) is 14.3. The number of phenols is 2. The summed E-state index contributed by atoms with van der Waals surface area (Å²) in [6.07, 6.45) is 0. The molecule has 0 fully saturated rings. The van der Waals surface area contributed by atoms with Crippen molar-refractivity contribution in [2.45, 2.75) is 6.92 Å². The van der Waals surface area contributed by atoms with Gasteiger partial charge in [0.2, 0.25) is 5.43 Å². The largest absolute Gasteiger partial charge is 0.508 e. The maximum absolute atomic E-state index is 11.8. The minimum atomic E-state index is -0.499. The van der Waals surface area contributed by atoms with Crippen molar-refractivity contribution in [2.75, 3.05) is 0 Å². The van der Waals surface area contributed by atoms with Crippen LogP contribution in [0.5, 0.6) is 11.5 Å². The van der Waals surface area contributed by atoms with Crippen molar-refractivity contribution in [2.24, 2.45) is 0 Å². The molecule has 1 heterocycles. The SMILES string of the molecule is Cc1cc2c(-c3ccccc3)c3cc(O)c(=O)cc-3oc2cc1O. The minimum Gasteiger partial charge on any atom is -0.508 e. The van der Waals surface area contributed by atoms with Crippen LogP contribution in [-0.2, 0) is 0 Å². The molecule has 24 heavy (non-hydrogen) atoms. The van der Waals surface area contributed by atoms with Crippen LogP contribution in [-0.4, -0.2) is 10.2 Å². The molecule has 0 radical (unpaired) electrons. The summed E-state index contributed by atoms with van der Waals surface area (Å²) >= 11 is 0. The van der Waals surface area contributed by atoms with Crippen LogP contribution in [0.2, 0.25) is 0 Å². The van der Waals surface area contributed by atoms with Crippen molar-refractivity contribution >= 4 is 11.0 Å². The van der Waals surface area contributed by atoms with Crippen LogP contribution >= 0.6 is 0 Å². The number of aryl methyl sites for hydroxylation is 1. The molecule has 0 aromatic heterocycles. The Morgan fingerprint density at radius 2 is 1.67 bits per heavy atom. The van der Waals surface area contributed by atoms with E-state index in [-0.39, 0.29) is 11.5 Å². The van der Waals surface area contributed by atoms with Gasteiger partial charge in [0.25, 0.3) is 0 Å². The van der Waals surface area contributed by atoms with Gasteiger partial charge in [0, 0.05) is 28.6 Å². The van der Waals surface area contributed by atoms with Crippen molar-refractivity contribution in [3.63, 3.8) is 0 Å². The van der Waals surface area contributed by atoms with E-state index in [9.17, 15) is 15.0 Å². The Hall–Kier alpha value is -3.27. The Kier molecular flexibility index (Phi) is 3.06. The van der Waals surface area contributed by atoms with E-state index in [1.165, 1.54) is 12.1 Å². The summed E-state index contributed by atoms with van der Waals surface area (Å²) in [5, 5.41) is 20.7. The number of benzene rings is 3. The highest BCUT2D eigenvalue weighted by Gasteiger charge is 2.19. The summed E-state index contributed by atoms with van der Waals surface area (Å²) in [4.78, 5) is 11.8. The Balaban J connectivity index is 2.25. The monoisotopic (exact) mass is 318 g/mol. The van der Waals surface area contributed by atoms with Gasteiger partial charge in [-0.25, -0.2) is 0 Å². The van der Waals surface area contributed by atoms with E-state index in [4.69, 9.17) is 4.42 Å². The molecule has 0 saturated carbocycles. The zero-order chi connectivity index (χ0) is 16.8. The second-order valence-corrected chi connectivity index (χ2v) is 5.79. The average Bonchev–Trinajstić information content (AvgIpc) is 2.57. The van der Waals surface area contributed by atoms with E-state index in [1.54, 1.807) is 6.07 Å². The molecule has 118 valence electrons. The molecule has 2 aromatic rings. The lowest BCUT2D eigenvalue weighted by Gasteiger charge is -2.16. The third-order valence-electron chi connectivity index (χ3n) is 4.18. The van der Waals surface area contributed by atoms with Gasteiger partial charge in [-0.05, 0) is 30.2 Å². The second kappa shape index (κ2) is 5.13. The lowest BCUT2D eigenvalue weighted by atomic mass is 9.93. The van der Waals surface area contributed by atoms with Crippen molar-refractivity contribution in [3.05, 3.63) is 70.4 Å². The predicted molar refractivity (Wildman–Crippen MR) is 92.6 cm³/mol. The van der Waals surface area contributed by atoms with E-state index in [0.717, 1.165) is 22.1 Å². The van der Waals surface area contributed by atoms with Gasteiger partial charge in [0.15, 0.2) is 5.75 Å². The molecule has 2 aromatic carbocycles. The minimum absolute atomic E-state index is 0.130. The van der Waals surface area contributed by atoms with Gasteiger partial charge in [-0.2, -0.15) is 0 Å². The molecule has 2 N–H and O–H groups in total. The molecule has 4 nitrogen and oxygen atoms in total. The van der Waals surface area contributed by atoms with Gasteiger partial charge in [0.1, 0.15) is 17.1 Å². The lowest BCUT2D eigenvalue weighted by Crippen LogP contribution is -2.01. The quantitative estimate of drug-likeness (QED) is 0.514. The maximum atomic E-state index is 11.8. The van der Waals surface area contributed by atoms with Gasteiger partial charge in [-0.3, -0.25) is 4.79 Å². The average molecular weight is 318 g/mol. The number of aromatic hydroxyl groups is 2. The number of hydrogen-bond acceptors (Lipinski definition) is 4. The number of rotatable bonds is 1. The summed E-state index contributed by atoms with van der Waals surface area (Å²) in [5.74, 6) is 0.183. The van der Waals surface area contributed by atoms with Crippen molar-refractivity contribution in [1.82, 2.24) is 0 Å². The van der Waals surface area contributed by atoms with Crippen molar-refractivity contribution < 1.29 is 14.6 Å². The highest BCUT2D eigenvalue weighted by atomic mass is 16.3. The fourth-order valence-electron chi connectivity index (χ4n) is 2.97. The van der Waals surface area contributed by atoms with Crippen LogP contribution in [0.3, 0.4) is 0 Å². The molecule has 0 spiro atoms. The van der Waals surface area contributed by atoms with Gasteiger partial charge in [-0.15, -0.1) is 0 Å². The molecule has 2 aliphatic rings. The Morgan fingerprint density at radius 3 is 2.42 bits per heavy atom. The third-order valence-corrected chi connectivity index (χ3v) is 4.18. The van der Waals surface area contributed by atoms with Crippen LogP contribution in [0.1, 0.15) is 5.56 Å². The Morgan fingerprint density at radius 1 is 0.917 bits per heavy atom. The molecular weight excluding hydrogens is 304 g/mol. The van der Waals surface area contributed by atoms with Crippen LogP contribution in [0.4, 0.5) is 0 Å². The topological polar surface area (TPSA) is 70.7 Å². The summed E-state index contributed by atoms with van der Waals surface area (Å²) < 4.78 is 5.81. The standard InChI is InChI=1S/C20H14O4/c1-11-7-13-18(9-15(11)21)24-19-10-17(23)16(22)8-14(19)20(13)12-5-3-2-4-6-12/h2-10,21-22H,1H3. The lowest BCUT2D eigenvalue weighted by molar-refractivity contribution is 0.467. The maximum Gasteiger partial charge on any atom is 0.223 e. The number of hydrogen-bond donors (Lipinski definition) is 2. The summed E-state index contributed by atoms with van der Waals surface area (Å²) in [5.41, 5.74) is 3.14. The van der Waals surface area contributed by atoms with Gasteiger partial charge < -0.3 is 14.6 Å². The van der Waals surface area contributed by atoms with E-state index >= 15 is 0 Å². The van der Waals surface area contributed by atoms with Gasteiger partial charge >= 0.3 is 0 Å². The third kappa shape index (κ3) is 2.12. The van der Waals surface area contributed by atoms with Crippen LogP contribution in [0.15, 0.2) is 63.8 Å². The first-order chi connectivity index (χ1) is 11.5. The molecule has 0 unspecified atom stereocenters. The summed E-state index contributed by atoms with van der Waals surface area (Å²) in [6, 6.07) is 15.8. The van der Waals surface area contributed by atoms with Crippen molar-refractivity contribution in [1.29, 1.82) is 0 Å². The molecule has 0 amide bonds. The molecule has 0 saturated heterocycles. The molecule has 4 rings (SSSR count). The fraction of sp³-hybridized carbons (Fsp3) is 0.0500. The van der Waals surface area contributed by atoms with Crippen LogP contribution in [0.25, 0.3) is 33.4 Å². The van der Waals surface area contributed by atoms with Crippen molar-refractivity contribution in [3.8, 4) is 33.9 Å². The number of phenolic OH excluding ortho intramolecular Hbond substituents is 2. The van der Waals surface area contributed by atoms with Gasteiger partial charge in [-0.1, -0.05) is 30.3 Å².